The van der Waals surface area contributed by atoms with Crippen LogP contribution in [0.4, 0.5) is 16.2 Å². The quantitative estimate of drug-likeness (QED) is 0.417. The Balaban J connectivity index is 1.74. The summed E-state index contributed by atoms with van der Waals surface area (Å²) in [4.78, 5) is 35.5. The number of rotatable bonds is 8. The van der Waals surface area contributed by atoms with Crippen LogP contribution in [0, 0.1) is 10.1 Å². The van der Waals surface area contributed by atoms with Crippen LogP contribution in [0.25, 0.3) is 0 Å². The highest BCUT2D eigenvalue weighted by molar-refractivity contribution is 7.90. The minimum Gasteiger partial charge on any atom is -0.378 e. The first kappa shape index (κ1) is 21.0. The summed E-state index contributed by atoms with van der Waals surface area (Å²) in [7, 11) is -4.31. The Morgan fingerprint density at radius 2 is 1.93 bits per heavy atom. The highest BCUT2D eigenvalue weighted by Crippen LogP contribution is 2.27. The van der Waals surface area contributed by atoms with E-state index in [0.717, 1.165) is 6.07 Å². The Bertz CT molecular complexity index is 1070. The Hall–Kier alpha value is -3.67. The third kappa shape index (κ3) is 4.84. The summed E-state index contributed by atoms with van der Waals surface area (Å²) in [5.74, 6) is -0.843. The van der Waals surface area contributed by atoms with E-state index in [9.17, 15) is 28.1 Å². The van der Waals surface area contributed by atoms with Crippen LogP contribution in [0.5, 0.6) is 0 Å². The number of sulfonamides is 1. The summed E-state index contributed by atoms with van der Waals surface area (Å²) in [6.45, 7) is 1.66. The van der Waals surface area contributed by atoms with E-state index in [1.807, 2.05) is 4.72 Å². The summed E-state index contributed by atoms with van der Waals surface area (Å²) >= 11 is 0. The van der Waals surface area contributed by atoms with Crippen molar-refractivity contribution in [3.05, 3.63) is 64.2 Å². The van der Waals surface area contributed by atoms with Gasteiger partial charge in [0, 0.05) is 37.8 Å². The molecule has 2 aromatic rings. The molecule has 0 atom stereocenters. The van der Waals surface area contributed by atoms with Gasteiger partial charge in [-0.15, -0.1) is 0 Å². The topological polar surface area (TPSA) is 151 Å². The first-order valence-electron chi connectivity index (χ1n) is 8.95. The molecule has 30 heavy (non-hydrogen) atoms. The van der Waals surface area contributed by atoms with Gasteiger partial charge in [-0.1, -0.05) is 18.2 Å². The average molecular weight is 433 g/mol. The molecule has 1 aliphatic heterocycles. The summed E-state index contributed by atoms with van der Waals surface area (Å²) in [6.07, 6.45) is 0. The number of amides is 3. The molecule has 0 aromatic heterocycles. The monoisotopic (exact) mass is 433 g/mol. The van der Waals surface area contributed by atoms with Gasteiger partial charge in [-0.3, -0.25) is 14.9 Å². The van der Waals surface area contributed by atoms with Crippen molar-refractivity contribution in [2.45, 2.75) is 4.90 Å². The van der Waals surface area contributed by atoms with Crippen molar-refractivity contribution in [3.8, 4) is 0 Å². The second-order valence-electron chi connectivity index (χ2n) is 6.38. The molecule has 3 rings (SSSR count). The molecule has 0 spiro atoms. The zero-order chi connectivity index (χ0) is 21.7. The lowest BCUT2D eigenvalue weighted by molar-refractivity contribution is -0.384. The Morgan fingerprint density at radius 1 is 1.20 bits per heavy atom. The number of benzene rings is 2. The van der Waals surface area contributed by atoms with E-state index < -0.39 is 31.4 Å². The second-order valence-corrected chi connectivity index (χ2v) is 8.06. The number of nitro groups is 1. The maximum Gasteiger partial charge on any atom is 0.317 e. The molecule has 1 heterocycles. The molecule has 1 fully saturated rings. The van der Waals surface area contributed by atoms with Crippen LogP contribution in [-0.2, 0) is 10.0 Å². The van der Waals surface area contributed by atoms with Crippen molar-refractivity contribution in [1.82, 2.24) is 14.9 Å². The molecule has 12 heteroatoms. The predicted molar refractivity (Wildman–Crippen MR) is 108 cm³/mol. The van der Waals surface area contributed by atoms with Gasteiger partial charge < -0.3 is 15.5 Å². The third-order valence-corrected chi connectivity index (χ3v) is 5.71. The molecule has 3 amide bonds. The molecule has 1 aliphatic rings. The highest BCUT2D eigenvalue weighted by atomic mass is 32.2. The van der Waals surface area contributed by atoms with Crippen LogP contribution in [-0.4, -0.2) is 56.4 Å². The van der Waals surface area contributed by atoms with E-state index in [1.54, 1.807) is 23.1 Å². The normalized spacial score (nSPS) is 13.6. The first-order valence-corrected chi connectivity index (χ1v) is 10.4. The first-order chi connectivity index (χ1) is 14.3. The molecule has 0 unspecified atom stereocenters. The Morgan fingerprint density at radius 3 is 2.57 bits per heavy atom. The highest BCUT2D eigenvalue weighted by Gasteiger charge is 2.24. The van der Waals surface area contributed by atoms with Crippen molar-refractivity contribution in [3.63, 3.8) is 0 Å². The fourth-order valence-corrected chi connectivity index (χ4v) is 3.85. The average Bonchev–Trinajstić information content (AvgIpc) is 3.13. The van der Waals surface area contributed by atoms with Gasteiger partial charge in [0.2, 0.25) is 0 Å². The van der Waals surface area contributed by atoms with Crippen molar-refractivity contribution < 1.29 is 22.9 Å². The number of carbonyl (C=O) groups excluding carboxylic acids is 2. The van der Waals surface area contributed by atoms with Crippen LogP contribution in [0.2, 0.25) is 0 Å². The minimum atomic E-state index is -4.31. The smallest absolute Gasteiger partial charge is 0.317 e. The molecule has 0 aliphatic carbocycles. The van der Waals surface area contributed by atoms with Crippen molar-refractivity contribution >= 4 is 33.3 Å². The largest absolute Gasteiger partial charge is 0.378 e. The van der Waals surface area contributed by atoms with E-state index in [2.05, 4.69) is 10.6 Å². The number of nitrogens with one attached hydrogen (secondary N) is 3. The minimum absolute atomic E-state index is 0.105. The van der Waals surface area contributed by atoms with Crippen LogP contribution in [0.15, 0.2) is 53.4 Å². The Kier molecular flexibility index (Phi) is 6.16. The molecule has 0 radical (unpaired) electrons. The van der Waals surface area contributed by atoms with Crippen LogP contribution in [0.1, 0.15) is 10.4 Å². The molecule has 11 nitrogen and oxygen atoms in total. The molecule has 0 bridgehead atoms. The van der Waals surface area contributed by atoms with Crippen molar-refractivity contribution in [1.29, 1.82) is 0 Å². The fourth-order valence-electron chi connectivity index (χ4n) is 2.86. The van der Waals surface area contributed by atoms with E-state index in [1.165, 1.54) is 24.3 Å². The van der Waals surface area contributed by atoms with E-state index in [-0.39, 0.29) is 23.8 Å². The molecule has 1 saturated heterocycles. The molecular formula is C18H19N5O6S. The maximum absolute atomic E-state index is 12.5. The molecule has 2 aromatic carbocycles. The van der Waals surface area contributed by atoms with E-state index in [4.69, 9.17) is 0 Å². The zero-order valence-electron chi connectivity index (χ0n) is 15.7. The van der Waals surface area contributed by atoms with Crippen molar-refractivity contribution in [2.75, 3.05) is 31.5 Å². The van der Waals surface area contributed by atoms with Gasteiger partial charge in [0.25, 0.3) is 21.6 Å². The lowest BCUT2D eigenvalue weighted by atomic mass is 10.2. The lowest BCUT2D eigenvalue weighted by Gasteiger charge is -2.15. The number of urea groups is 1. The van der Waals surface area contributed by atoms with Gasteiger partial charge in [0.1, 0.15) is 5.69 Å². The number of carbonyl (C=O) groups is 2. The van der Waals surface area contributed by atoms with Crippen molar-refractivity contribution in [2.24, 2.45) is 0 Å². The van der Waals surface area contributed by atoms with Gasteiger partial charge in [-0.05, 0) is 24.3 Å². The van der Waals surface area contributed by atoms with Crippen LogP contribution < -0.4 is 15.4 Å². The summed E-state index contributed by atoms with van der Waals surface area (Å²) in [6, 6.07) is 10.8. The van der Waals surface area contributed by atoms with Gasteiger partial charge in [0.05, 0.1) is 9.82 Å². The van der Waals surface area contributed by atoms with Gasteiger partial charge in [0.15, 0.2) is 0 Å². The summed E-state index contributed by atoms with van der Waals surface area (Å²) in [5.41, 5.74) is -0.219. The third-order valence-electron chi connectivity index (χ3n) is 4.38. The predicted octanol–water partition coefficient (Wildman–Crippen LogP) is 1.15. The van der Waals surface area contributed by atoms with E-state index in [0.29, 0.717) is 19.6 Å². The summed E-state index contributed by atoms with van der Waals surface area (Å²) in [5, 5.41) is 16.9. The van der Waals surface area contributed by atoms with Crippen LogP contribution in [0.3, 0.4) is 0 Å². The molecule has 3 N–H and O–H groups in total. The number of anilines is 1. The molecule has 158 valence electrons. The summed E-state index contributed by atoms with van der Waals surface area (Å²) < 4.78 is 26.9. The second kappa shape index (κ2) is 8.78. The van der Waals surface area contributed by atoms with Gasteiger partial charge in [-0.25, -0.2) is 17.9 Å². The van der Waals surface area contributed by atoms with Gasteiger partial charge >= 0.3 is 6.03 Å². The molecule has 0 saturated carbocycles. The SMILES string of the molecule is O=C(NS(=O)(=O)c1ccc(NCCN2CCNC2=O)c([N+](=O)[O-])c1)c1ccccc1. The number of nitro benzene ring substituents is 1. The fraction of sp³-hybridized carbons (Fsp3) is 0.222. The standard InChI is InChI=1S/C18H19N5O6S/c24-17(13-4-2-1-3-5-13)21-30(28,29)14-6-7-15(16(12-14)23(26)27)19-8-10-22-11-9-20-18(22)25/h1-7,12,19H,8-11H2,(H,20,25)(H,21,24). The lowest BCUT2D eigenvalue weighted by Crippen LogP contribution is -2.32. The number of hydrogen-bond donors (Lipinski definition) is 3. The maximum atomic E-state index is 12.5. The molecular weight excluding hydrogens is 414 g/mol. The number of nitrogens with zero attached hydrogens (tertiary/aromatic N) is 2. The number of hydrogen-bond acceptors (Lipinski definition) is 7. The Labute approximate surface area is 172 Å². The zero-order valence-corrected chi connectivity index (χ0v) is 16.5. The van der Waals surface area contributed by atoms with Crippen LogP contribution >= 0.6 is 0 Å². The van der Waals surface area contributed by atoms with Gasteiger partial charge in [-0.2, -0.15) is 0 Å². The van der Waals surface area contributed by atoms with E-state index >= 15 is 0 Å².